The number of alkyl halides is 1. The molecule has 106 valence electrons. The lowest BCUT2D eigenvalue weighted by atomic mass is 10.2. The van der Waals surface area contributed by atoms with Crippen LogP contribution in [0.15, 0.2) is 18.2 Å². The van der Waals surface area contributed by atoms with Crippen LogP contribution in [0.5, 0.6) is 11.5 Å². The van der Waals surface area contributed by atoms with Crippen molar-refractivity contribution >= 4 is 11.6 Å². The Bertz CT molecular complexity index is 615. The summed E-state index contributed by atoms with van der Waals surface area (Å²) in [6.45, 7) is 1.51. The average molecular weight is 296 g/mol. The van der Waals surface area contributed by atoms with Gasteiger partial charge in [-0.25, -0.2) is 4.68 Å². The van der Waals surface area contributed by atoms with Gasteiger partial charge < -0.3 is 14.2 Å². The van der Waals surface area contributed by atoms with Gasteiger partial charge in [-0.15, -0.1) is 16.7 Å². The van der Waals surface area contributed by atoms with Crippen molar-refractivity contribution in [3.8, 4) is 17.2 Å². The molecule has 0 saturated heterocycles. The average Bonchev–Trinajstić information content (AvgIpc) is 2.90. The summed E-state index contributed by atoms with van der Waals surface area (Å²) in [5.74, 6) is 1.74. The fraction of sp³-hybridized carbons (Fsp3) is 0.385. The molecule has 2 aromatic rings. The number of ether oxygens (including phenoxy) is 3. The molecule has 1 aliphatic rings. The molecular weight excluding hydrogens is 282 g/mol. The summed E-state index contributed by atoms with van der Waals surface area (Å²) in [5, 5.41) is 8.20. The van der Waals surface area contributed by atoms with Gasteiger partial charge in [-0.05, 0) is 12.1 Å². The van der Waals surface area contributed by atoms with Crippen molar-refractivity contribution in [1.29, 1.82) is 0 Å². The van der Waals surface area contributed by atoms with Gasteiger partial charge in [0.1, 0.15) is 18.9 Å². The molecule has 0 fully saturated rings. The molecule has 0 amide bonds. The number of nitrogens with zero attached hydrogens (tertiary/aromatic N) is 3. The summed E-state index contributed by atoms with van der Waals surface area (Å²) in [5.41, 5.74) is 2.38. The summed E-state index contributed by atoms with van der Waals surface area (Å²) in [7, 11) is 1.62. The maximum atomic E-state index is 5.87. The van der Waals surface area contributed by atoms with Crippen LogP contribution in [0.4, 0.5) is 0 Å². The first kappa shape index (κ1) is 13.2. The first-order chi connectivity index (χ1) is 9.83. The van der Waals surface area contributed by atoms with Crippen molar-refractivity contribution < 1.29 is 14.2 Å². The molecule has 6 nitrogen and oxygen atoms in total. The van der Waals surface area contributed by atoms with E-state index < -0.39 is 0 Å². The molecule has 0 N–H and O–H groups in total. The minimum atomic E-state index is 0.295. The lowest BCUT2D eigenvalue weighted by molar-refractivity contribution is 0.171. The van der Waals surface area contributed by atoms with Crippen molar-refractivity contribution in [1.82, 2.24) is 15.0 Å². The standard InChI is InChI=1S/C13H14ClN3O3/c1-18-8-11-10(7-14)15-16-17(11)9-2-3-12-13(6-9)20-5-4-19-12/h2-3,6H,4-5,7-8H2,1H3. The van der Waals surface area contributed by atoms with Crippen LogP contribution in [0.1, 0.15) is 11.4 Å². The zero-order valence-electron chi connectivity index (χ0n) is 11.0. The van der Waals surface area contributed by atoms with Crippen molar-refractivity contribution in [3.05, 3.63) is 29.6 Å². The first-order valence-corrected chi connectivity index (χ1v) is 6.75. The Kier molecular flexibility index (Phi) is 3.75. The molecule has 1 aromatic carbocycles. The molecule has 0 radical (unpaired) electrons. The van der Waals surface area contributed by atoms with Crippen LogP contribution in [0, 0.1) is 0 Å². The lowest BCUT2D eigenvalue weighted by Gasteiger charge is -2.19. The van der Waals surface area contributed by atoms with Crippen LogP contribution in [-0.2, 0) is 17.2 Å². The predicted octanol–water partition coefficient (Wildman–Crippen LogP) is 1.92. The maximum Gasteiger partial charge on any atom is 0.163 e. The molecule has 0 spiro atoms. The number of methoxy groups -OCH3 is 1. The highest BCUT2D eigenvalue weighted by molar-refractivity contribution is 6.16. The molecule has 1 aliphatic heterocycles. The number of benzene rings is 1. The normalized spacial score (nSPS) is 13.5. The van der Waals surface area contributed by atoms with Gasteiger partial charge in [-0.3, -0.25) is 0 Å². The van der Waals surface area contributed by atoms with Gasteiger partial charge in [0, 0.05) is 13.2 Å². The first-order valence-electron chi connectivity index (χ1n) is 6.22. The molecule has 0 atom stereocenters. The van der Waals surface area contributed by atoms with Crippen LogP contribution in [-0.4, -0.2) is 35.3 Å². The second-order valence-corrected chi connectivity index (χ2v) is 4.56. The van der Waals surface area contributed by atoms with E-state index in [2.05, 4.69) is 10.3 Å². The third kappa shape index (κ3) is 2.32. The van der Waals surface area contributed by atoms with Crippen LogP contribution in [0.2, 0.25) is 0 Å². The molecule has 20 heavy (non-hydrogen) atoms. The van der Waals surface area contributed by atoms with E-state index in [1.165, 1.54) is 0 Å². The van der Waals surface area contributed by atoms with Gasteiger partial charge in [-0.1, -0.05) is 5.21 Å². The summed E-state index contributed by atoms with van der Waals surface area (Å²) in [6.07, 6.45) is 0. The second-order valence-electron chi connectivity index (χ2n) is 4.29. The van der Waals surface area contributed by atoms with E-state index in [0.29, 0.717) is 37.1 Å². The van der Waals surface area contributed by atoms with Crippen LogP contribution in [0.3, 0.4) is 0 Å². The largest absolute Gasteiger partial charge is 0.486 e. The Labute approximate surface area is 121 Å². The Morgan fingerprint density at radius 2 is 2.10 bits per heavy atom. The zero-order valence-corrected chi connectivity index (χ0v) is 11.8. The molecule has 3 rings (SSSR count). The molecule has 0 aliphatic carbocycles. The van der Waals surface area contributed by atoms with Crippen molar-refractivity contribution in [2.45, 2.75) is 12.5 Å². The molecule has 0 saturated carbocycles. The Balaban J connectivity index is 2.02. The monoisotopic (exact) mass is 295 g/mol. The van der Waals surface area contributed by atoms with Gasteiger partial charge in [0.15, 0.2) is 11.5 Å². The maximum absolute atomic E-state index is 5.87. The smallest absolute Gasteiger partial charge is 0.163 e. The van der Waals surface area contributed by atoms with E-state index in [0.717, 1.165) is 17.1 Å². The number of halogens is 1. The summed E-state index contributed by atoms with van der Waals surface area (Å²) in [6, 6.07) is 5.64. The predicted molar refractivity (Wildman–Crippen MR) is 72.6 cm³/mol. The summed E-state index contributed by atoms with van der Waals surface area (Å²) in [4.78, 5) is 0. The van der Waals surface area contributed by atoms with Crippen LogP contribution >= 0.6 is 11.6 Å². The molecule has 7 heteroatoms. The molecule has 0 unspecified atom stereocenters. The van der Waals surface area contributed by atoms with E-state index in [9.17, 15) is 0 Å². The van der Waals surface area contributed by atoms with Gasteiger partial charge in [0.05, 0.1) is 23.9 Å². The van der Waals surface area contributed by atoms with E-state index in [1.54, 1.807) is 11.8 Å². The van der Waals surface area contributed by atoms with E-state index in [1.807, 2.05) is 18.2 Å². The van der Waals surface area contributed by atoms with Crippen molar-refractivity contribution in [2.75, 3.05) is 20.3 Å². The van der Waals surface area contributed by atoms with E-state index in [4.69, 9.17) is 25.8 Å². The number of fused-ring (bicyclic) bond motifs is 1. The van der Waals surface area contributed by atoms with Crippen molar-refractivity contribution in [3.63, 3.8) is 0 Å². The number of hydrogen-bond donors (Lipinski definition) is 0. The van der Waals surface area contributed by atoms with Crippen LogP contribution < -0.4 is 9.47 Å². The molecular formula is C13H14ClN3O3. The van der Waals surface area contributed by atoms with Crippen LogP contribution in [0.25, 0.3) is 5.69 Å². The molecule has 0 bridgehead atoms. The number of aromatic nitrogens is 3. The number of rotatable bonds is 4. The summed E-state index contributed by atoms with van der Waals surface area (Å²) < 4.78 is 18.0. The minimum Gasteiger partial charge on any atom is -0.486 e. The zero-order chi connectivity index (χ0) is 13.9. The highest BCUT2D eigenvalue weighted by Crippen LogP contribution is 2.32. The third-order valence-electron chi connectivity index (χ3n) is 3.02. The fourth-order valence-electron chi connectivity index (χ4n) is 2.09. The fourth-order valence-corrected chi connectivity index (χ4v) is 2.30. The van der Waals surface area contributed by atoms with Gasteiger partial charge in [0.25, 0.3) is 0 Å². The molecule has 1 aromatic heterocycles. The van der Waals surface area contributed by atoms with Crippen molar-refractivity contribution in [2.24, 2.45) is 0 Å². The summed E-state index contributed by atoms with van der Waals surface area (Å²) >= 11 is 5.87. The Hall–Kier alpha value is -1.79. The highest BCUT2D eigenvalue weighted by Gasteiger charge is 2.17. The highest BCUT2D eigenvalue weighted by atomic mass is 35.5. The topological polar surface area (TPSA) is 58.4 Å². The minimum absolute atomic E-state index is 0.295. The number of hydrogen-bond acceptors (Lipinski definition) is 5. The second kappa shape index (κ2) is 5.68. The van der Waals surface area contributed by atoms with Gasteiger partial charge in [-0.2, -0.15) is 0 Å². The third-order valence-corrected chi connectivity index (χ3v) is 3.27. The Morgan fingerprint density at radius 3 is 2.85 bits per heavy atom. The lowest BCUT2D eigenvalue weighted by Crippen LogP contribution is -2.15. The quantitative estimate of drug-likeness (QED) is 0.807. The van der Waals surface area contributed by atoms with Gasteiger partial charge in [0.2, 0.25) is 0 Å². The Morgan fingerprint density at radius 1 is 1.30 bits per heavy atom. The van der Waals surface area contributed by atoms with Gasteiger partial charge >= 0.3 is 0 Å². The SMILES string of the molecule is COCc1c(CCl)nnn1-c1ccc2c(c1)OCCO2. The molecule has 2 heterocycles. The van der Waals surface area contributed by atoms with E-state index >= 15 is 0 Å². The van der Waals surface area contributed by atoms with E-state index in [-0.39, 0.29) is 0 Å².